The molecule has 0 amide bonds. The Hall–Kier alpha value is -0.810. The number of unbranched alkanes of at least 4 members (excludes halogenated alkanes) is 4. The Balaban J connectivity index is 3.41. The molecule has 0 saturated heterocycles. The Morgan fingerprint density at radius 1 is 0.833 bits per heavy atom. The fraction of sp³-hybridized carbons (Fsp3) is 0.947. The van der Waals surface area contributed by atoms with E-state index in [4.69, 9.17) is 14.7 Å². The average molecular weight is 347 g/mol. The van der Waals surface area contributed by atoms with Crippen LogP contribution in [0.1, 0.15) is 85.0 Å². The summed E-state index contributed by atoms with van der Waals surface area (Å²) in [6, 6.07) is 0. The minimum Gasteiger partial charge on any atom is -0.434 e. The molecule has 0 aromatic rings. The highest BCUT2D eigenvalue weighted by Crippen LogP contribution is 2.18. The standard InChI is InChI=1S/C19H38O5/c1-4-5-14-22-19(20)23-16-18(3)13-8-6-7-11-17(2)12-9-10-15-24-21/h17-18,21H,4-16H2,1-3H3. The largest absolute Gasteiger partial charge is 0.508 e. The molecule has 0 aliphatic heterocycles. The maximum Gasteiger partial charge on any atom is 0.508 e. The average Bonchev–Trinajstić information content (AvgIpc) is 2.57. The minimum atomic E-state index is -0.532. The van der Waals surface area contributed by atoms with Gasteiger partial charge in [0, 0.05) is 0 Å². The Labute approximate surface area is 148 Å². The number of rotatable bonds is 16. The molecule has 0 spiro atoms. The first-order valence-electron chi connectivity index (χ1n) is 9.66. The molecule has 0 aromatic heterocycles. The van der Waals surface area contributed by atoms with Crippen LogP contribution in [0.5, 0.6) is 0 Å². The zero-order valence-corrected chi connectivity index (χ0v) is 15.9. The van der Waals surface area contributed by atoms with Crippen LogP contribution >= 0.6 is 0 Å². The van der Waals surface area contributed by atoms with E-state index in [9.17, 15) is 4.79 Å². The summed E-state index contributed by atoms with van der Waals surface area (Å²) in [4.78, 5) is 15.4. The molecule has 0 aromatic carbocycles. The molecule has 0 aliphatic rings. The zero-order chi connectivity index (χ0) is 18.0. The Morgan fingerprint density at radius 2 is 1.46 bits per heavy atom. The number of carbonyl (C=O) groups excluding carboxylic acids is 1. The number of carbonyl (C=O) groups is 1. The molecule has 0 rings (SSSR count). The second-order valence-electron chi connectivity index (χ2n) is 6.94. The topological polar surface area (TPSA) is 65.0 Å². The molecule has 144 valence electrons. The van der Waals surface area contributed by atoms with Gasteiger partial charge in [-0.3, -0.25) is 5.26 Å². The summed E-state index contributed by atoms with van der Waals surface area (Å²) in [5.41, 5.74) is 0. The van der Waals surface area contributed by atoms with Crippen molar-refractivity contribution in [3.8, 4) is 0 Å². The second kappa shape index (κ2) is 17.0. The van der Waals surface area contributed by atoms with Crippen LogP contribution in [0.15, 0.2) is 0 Å². The van der Waals surface area contributed by atoms with E-state index in [1.165, 1.54) is 32.1 Å². The third kappa shape index (κ3) is 16.1. The predicted molar refractivity (Wildman–Crippen MR) is 96.1 cm³/mol. The highest BCUT2D eigenvalue weighted by Gasteiger charge is 2.08. The second-order valence-corrected chi connectivity index (χ2v) is 6.94. The predicted octanol–water partition coefficient (Wildman–Crippen LogP) is 5.82. The molecule has 0 heterocycles. The molecular formula is C19H38O5. The highest BCUT2D eigenvalue weighted by atomic mass is 17.1. The van der Waals surface area contributed by atoms with Crippen molar-refractivity contribution in [1.82, 2.24) is 0 Å². The first-order chi connectivity index (χ1) is 11.6. The van der Waals surface area contributed by atoms with Crippen molar-refractivity contribution in [2.24, 2.45) is 11.8 Å². The summed E-state index contributed by atoms with van der Waals surface area (Å²) in [5, 5.41) is 8.26. The van der Waals surface area contributed by atoms with E-state index in [0.717, 1.165) is 38.0 Å². The molecule has 0 bridgehead atoms. The van der Waals surface area contributed by atoms with Crippen molar-refractivity contribution in [3.05, 3.63) is 0 Å². The molecule has 0 saturated carbocycles. The van der Waals surface area contributed by atoms with E-state index in [1.807, 2.05) is 0 Å². The molecule has 2 atom stereocenters. The number of ether oxygens (including phenoxy) is 2. The molecule has 1 N–H and O–H groups in total. The quantitative estimate of drug-likeness (QED) is 0.165. The summed E-state index contributed by atoms with van der Waals surface area (Å²) in [6.45, 7) is 7.82. The maximum absolute atomic E-state index is 11.3. The molecule has 24 heavy (non-hydrogen) atoms. The van der Waals surface area contributed by atoms with E-state index in [2.05, 4.69) is 25.7 Å². The summed E-state index contributed by atoms with van der Waals surface area (Å²) in [5.74, 6) is 1.13. The van der Waals surface area contributed by atoms with Crippen molar-refractivity contribution in [2.75, 3.05) is 19.8 Å². The summed E-state index contributed by atoms with van der Waals surface area (Å²) in [6.07, 6.45) is 10.6. The normalized spacial score (nSPS) is 13.5. The molecule has 0 aliphatic carbocycles. The Bertz CT molecular complexity index is 283. The van der Waals surface area contributed by atoms with Gasteiger partial charge in [-0.15, -0.1) is 0 Å². The number of hydrogen-bond acceptors (Lipinski definition) is 5. The van der Waals surface area contributed by atoms with E-state index in [1.54, 1.807) is 0 Å². The van der Waals surface area contributed by atoms with Gasteiger partial charge in [0.25, 0.3) is 0 Å². The SMILES string of the molecule is CCCCOC(=O)OCC(C)CCCCCC(C)CCCCOO. The molecule has 5 heteroatoms. The van der Waals surface area contributed by atoms with Crippen molar-refractivity contribution >= 4 is 6.16 Å². The first kappa shape index (κ1) is 23.2. The van der Waals surface area contributed by atoms with Gasteiger partial charge < -0.3 is 9.47 Å². The zero-order valence-electron chi connectivity index (χ0n) is 15.9. The van der Waals surface area contributed by atoms with Crippen molar-refractivity contribution in [1.29, 1.82) is 0 Å². The summed E-state index contributed by atoms with van der Waals surface area (Å²) >= 11 is 0. The van der Waals surface area contributed by atoms with Gasteiger partial charge in [-0.25, -0.2) is 9.68 Å². The molecular weight excluding hydrogens is 308 g/mol. The van der Waals surface area contributed by atoms with Crippen LogP contribution in [-0.4, -0.2) is 31.2 Å². The van der Waals surface area contributed by atoms with Crippen LogP contribution in [0.3, 0.4) is 0 Å². The van der Waals surface area contributed by atoms with Gasteiger partial charge >= 0.3 is 6.16 Å². The Kier molecular flexibility index (Phi) is 16.5. The lowest BCUT2D eigenvalue weighted by Crippen LogP contribution is -2.13. The third-order valence-corrected chi connectivity index (χ3v) is 4.28. The van der Waals surface area contributed by atoms with Gasteiger partial charge in [-0.2, -0.15) is 0 Å². The Morgan fingerprint density at radius 3 is 2.08 bits per heavy atom. The highest BCUT2D eigenvalue weighted by molar-refractivity contribution is 5.59. The lowest BCUT2D eigenvalue weighted by Gasteiger charge is -2.13. The van der Waals surface area contributed by atoms with Gasteiger partial charge in [0.2, 0.25) is 0 Å². The molecule has 5 nitrogen and oxygen atoms in total. The fourth-order valence-electron chi connectivity index (χ4n) is 2.60. The van der Waals surface area contributed by atoms with Crippen molar-refractivity contribution in [3.63, 3.8) is 0 Å². The third-order valence-electron chi connectivity index (χ3n) is 4.28. The smallest absolute Gasteiger partial charge is 0.434 e. The van der Waals surface area contributed by atoms with Crippen LogP contribution < -0.4 is 0 Å². The maximum atomic E-state index is 11.3. The van der Waals surface area contributed by atoms with Crippen LogP contribution in [0.4, 0.5) is 4.79 Å². The van der Waals surface area contributed by atoms with Gasteiger partial charge in [-0.05, 0) is 31.1 Å². The summed E-state index contributed by atoms with van der Waals surface area (Å²) < 4.78 is 10.1. The van der Waals surface area contributed by atoms with Gasteiger partial charge in [0.05, 0.1) is 19.8 Å². The van der Waals surface area contributed by atoms with Gasteiger partial charge in [0.15, 0.2) is 0 Å². The van der Waals surface area contributed by atoms with Crippen LogP contribution in [0, 0.1) is 11.8 Å². The molecule has 2 unspecified atom stereocenters. The first-order valence-corrected chi connectivity index (χ1v) is 9.66. The van der Waals surface area contributed by atoms with E-state index >= 15 is 0 Å². The van der Waals surface area contributed by atoms with E-state index in [0.29, 0.717) is 25.7 Å². The van der Waals surface area contributed by atoms with Crippen molar-refractivity contribution in [2.45, 2.75) is 85.0 Å². The monoisotopic (exact) mass is 346 g/mol. The lowest BCUT2D eigenvalue weighted by molar-refractivity contribution is -0.242. The van der Waals surface area contributed by atoms with E-state index in [-0.39, 0.29) is 0 Å². The van der Waals surface area contributed by atoms with Crippen LogP contribution in [-0.2, 0) is 14.4 Å². The van der Waals surface area contributed by atoms with Crippen molar-refractivity contribution < 1.29 is 24.4 Å². The van der Waals surface area contributed by atoms with Crippen LogP contribution in [0.2, 0.25) is 0 Å². The van der Waals surface area contributed by atoms with Gasteiger partial charge in [0.1, 0.15) is 0 Å². The van der Waals surface area contributed by atoms with Crippen LogP contribution in [0.25, 0.3) is 0 Å². The fourth-order valence-corrected chi connectivity index (χ4v) is 2.60. The van der Waals surface area contributed by atoms with Gasteiger partial charge in [-0.1, -0.05) is 65.7 Å². The minimum absolute atomic E-state index is 0.389. The van der Waals surface area contributed by atoms with E-state index < -0.39 is 6.16 Å². The number of hydrogen-bond donors (Lipinski definition) is 1. The molecule has 0 fully saturated rings. The lowest BCUT2D eigenvalue weighted by atomic mass is 9.96. The summed E-state index contributed by atoms with van der Waals surface area (Å²) in [7, 11) is 0. The molecule has 0 radical (unpaired) electrons.